The fourth-order valence-electron chi connectivity index (χ4n) is 3.10. The van der Waals surface area contributed by atoms with E-state index in [4.69, 9.17) is 0 Å². The van der Waals surface area contributed by atoms with Crippen LogP contribution in [0.5, 0.6) is 0 Å². The minimum Gasteiger partial charge on any atom is -0.350 e. The van der Waals surface area contributed by atoms with Crippen molar-refractivity contribution in [2.75, 3.05) is 10.6 Å². The van der Waals surface area contributed by atoms with Gasteiger partial charge >= 0.3 is 0 Å². The molecular weight excluding hydrogens is 367 g/mol. The second-order valence-corrected chi connectivity index (χ2v) is 7.31. The van der Waals surface area contributed by atoms with Gasteiger partial charge in [-0.3, -0.25) is 4.79 Å². The van der Waals surface area contributed by atoms with Gasteiger partial charge in [0, 0.05) is 23.5 Å². The van der Waals surface area contributed by atoms with Crippen LogP contribution in [0, 0.1) is 19.7 Å². The number of halogens is 1. The first kappa shape index (κ1) is 20.5. The summed E-state index contributed by atoms with van der Waals surface area (Å²) in [6.07, 6.45) is 0. The molecule has 3 aromatic rings. The van der Waals surface area contributed by atoms with Gasteiger partial charge in [-0.2, -0.15) is 0 Å². The highest BCUT2D eigenvalue weighted by atomic mass is 19.1. The van der Waals surface area contributed by atoms with Gasteiger partial charge in [-0.15, -0.1) is 0 Å². The van der Waals surface area contributed by atoms with Crippen LogP contribution in [0.15, 0.2) is 48.5 Å². The molecule has 0 bridgehead atoms. The van der Waals surface area contributed by atoms with E-state index in [-0.39, 0.29) is 35.8 Å². The number of aryl methyl sites for hydroxylation is 2. The number of benzene rings is 2. The third-order valence-corrected chi connectivity index (χ3v) is 4.65. The lowest BCUT2D eigenvalue weighted by Crippen LogP contribution is -2.18. The Morgan fingerprint density at radius 3 is 2.55 bits per heavy atom. The van der Waals surface area contributed by atoms with Crippen molar-refractivity contribution in [2.45, 2.75) is 40.2 Å². The van der Waals surface area contributed by atoms with E-state index >= 15 is 0 Å². The normalized spacial score (nSPS) is 10.8. The molecule has 0 radical (unpaired) electrons. The Balaban J connectivity index is 1.81. The summed E-state index contributed by atoms with van der Waals surface area (Å²) < 4.78 is 13.8. The third-order valence-electron chi connectivity index (χ3n) is 4.65. The minimum absolute atomic E-state index is 0.229. The van der Waals surface area contributed by atoms with E-state index in [1.54, 1.807) is 31.2 Å². The molecule has 0 unspecified atom stereocenters. The summed E-state index contributed by atoms with van der Waals surface area (Å²) in [6, 6.07) is 14.1. The average Bonchev–Trinajstić information content (AvgIpc) is 2.68. The minimum atomic E-state index is -0.305. The zero-order chi connectivity index (χ0) is 21.0. The predicted molar refractivity (Wildman–Crippen MR) is 114 cm³/mol. The molecular formula is C23H25FN4O. The van der Waals surface area contributed by atoms with Crippen molar-refractivity contribution in [2.24, 2.45) is 0 Å². The van der Waals surface area contributed by atoms with Crippen molar-refractivity contribution in [3.8, 4) is 0 Å². The van der Waals surface area contributed by atoms with Crippen LogP contribution in [0.1, 0.15) is 52.6 Å². The molecule has 0 aliphatic carbocycles. The summed E-state index contributed by atoms with van der Waals surface area (Å²) in [7, 11) is 0. The second-order valence-electron chi connectivity index (χ2n) is 7.31. The van der Waals surface area contributed by atoms with Crippen LogP contribution in [0.4, 0.5) is 16.0 Å². The Kier molecular flexibility index (Phi) is 6.22. The van der Waals surface area contributed by atoms with Gasteiger partial charge in [0.1, 0.15) is 11.5 Å². The Morgan fingerprint density at radius 1 is 1.07 bits per heavy atom. The van der Waals surface area contributed by atoms with Crippen molar-refractivity contribution in [1.29, 1.82) is 0 Å². The molecule has 0 aliphatic heterocycles. The monoisotopic (exact) mass is 392 g/mol. The van der Waals surface area contributed by atoms with E-state index in [1.807, 2.05) is 25.1 Å². The zero-order valence-electron chi connectivity index (χ0n) is 17.1. The largest absolute Gasteiger partial charge is 0.350 e. The van der Waals surface area contributed by atoms with Crippen molar-refractivity contribution in [3.63, 3.8) is 0 Å². The molecule has 0 fully saturated rings. The maximum absolute atomic E-state index is 13.8. The van der Waals surface area contributed by atoms with Crippen LogP contribution in [0.3, 0.4) is 0 Å². The fourth-order valence-corrected chi connectivity index (χ4v) is 3.10. The summed E-state index contributed by atoms with van der Waals surface area (Å²) in [6.45, 7) is 8.16. The molecule has 2 aromatic carbocycles. The summed E-state index contributed by atoms with van der Waals surface area (Å²) in [5, 5.41) is 6.00. The highest BCUT2D eigenvalue weighted by molar-refractivity contribution is 6.04. The van der Waals surface area contributed by atoms with Crippen LogP contribution >= 0.6 is 0 Å². The number of rotatable bonds is 6. The first-order valence-electron chi connectivity index (χ1n) is 9.59. The van der Waals surface area contributed by atoms with Crippen LogP contribution in [-0.2, 0) is 6.54 Å². The number of hydrogen-bond donors (Lipinski definition) is 2. The number of hydrogen-bond acceptors (Lipinski definition) is 4. The van der Waals surface area contributed by atoms with Gasteiger partial charge in [0.05, 0.1) is 0 Å². The highest BCUT2D eigenvalue weighted by Crippen LogP contribution is 2.27. The second kappa shape index (κ2) is 8.82. The highest BCUT2D eigenvalue weighted by Gasteiger charge is 2.16. The molecule has 150 valence electrons. The number of amides is 1. The van der Waals surface area contributed by atoms with Gasteiger partial charge in [-0.25, -0.2) is 14.4 Å². The summed E-state index contributed by atoms with van der Waals surface area (Å²) in [5.41, 5.74) is 4.28. The van der Waals surface area contributed by atoms with E-state index in [0.717, 1.165) is 16.8 Å². The van der Waals surface area contributed by atoms with Gasteiger partial charge in [-0.05, 0) is 43.0 Å². The maximum atomic E-state index is 13.8. The number of nitrogens with zero attached hydrogens (tertiary/aromatic N) is 2. The van der Waals surface area contributed by atoms with Crippen molar-refractivity contribution >= 4 is 17.5 Å². The molecule has 1 heterocycles. The van der Waals surface area contributed by atoms with Crippen LogP contribution in [0.25, 0.3) is 0 Å². The van der Waals surface area contributed by atoms with Crippen molar-refractivity contribution < 1.29 is 9.18 Å². The Bertz CT molecular complexity index is 1030. The third kappa shape index (κ3) is 4.96. The lowest BCUT2D eigenvalue weighted by Gasteiger charge is -2.16. The molecule has 6 heteroatoms. The molecule has 0 spiro atoms. The Hall–Kier alpha value is -3.28. The first-order chi connectivity index (χ1) is 13.8. The number of nitrogens with one attached hydrogen (secondary N) is 2. The zero-order valence-corrected chi connectivity index (χ0v) is 17.1. The lowest BCUT2D eigenvalue weighted by atomic mass is 9.98. The maximum Gasteiger partial charge on any atom is 0.274 e. The molecule has 1 aromatic heterocycles. The van der Waals surface area contributed by atoms with E-state index in [0.29, 0.717) is 11.3 Å². The SMILES string of the molecule is Cc1cc(C(=O)Nc2c(C)cccc2C(C)C)nc(NCc2ccccc2F)n1. The number of para-hydroxylation sites is 1. The first-order valence-corrected chi connectivity index (χ1v) is 9.59. The number of carbonyl (C=O) groups excluding carboxylic acids is 1. The van der Waals surface area contributed by atoms with Gasteiger partial charge in [0.15, 0.2) is 0 Å². The van der Waals surface area contributed by atoms with E-state index in [9.17, 15) is 9.18 Å². The summed E-state index contributed by atoms with van der Waals surface area (Å²) in [5.74, 6) is -0.0466. The molecule has 3 rings (SSSR count). The van der Waals surface area contributed by atoms with Crippen LogP contribution < -0.4 is 10.6 Å². The standard InChI is InChI=1S/C23H25FN4O/c1-14(2)18-10-7-8-15(3)21(18)28-22(29)20-12-16(4)26-23(27-20)25-13-17-9-5-6-11-19(17)24/h5-12,14H,13H2,1-4H3,(H,28,29)(H,25,26,27). The van der Waals surface area contributed by atoms with Gasteiger partial charge in [-0.1, -0.05) is 50.2 Å². The van der Waals surface area contributed by atoms with Gasteiger partial charge in [0.2, 0.25) is 5.95 Å². The summed E-state index contributed by atoms with van der Waals surface area (Å²) >= 11 is 0. The number of carbonyl (C=O) groups is 1. The van der Waals surface area contributed by atoms with Crippen molar-refractivity contribution in [1.82, 2.24) is 9.97 Å². The quantitative estimate of drug-likeness (QED) is 0.603. The van der Waals surface area contributed by atoms with Crippen LogP contribution in [-0.4, -0.2) is 15.9 Å². The van der Waals surface area contributed by atoms with Gasteiger partial charge in [0.25, 0.3) is 5.91 Å². The predicted octanol–water partition coefficient (Wildman–Crippen LogP) is 5.22. The topological polar surface area (TPSA) is 66.9 Å². The van der Waals surface area contributed by atoms with Gasteiger partial charge < -0.3 is 10.6 Å². The molecule has 5 nitrogen and oxygen atoms in total. The number of aromatic nitrogens is 2. The molecule has 0 atom stereocenters. The van der Waals surface area contributed by atoms with E-state index in [1.165, 1.54) is 6.07 Å². The van der Waals surface area contributed by atoms with E-state index < -0.39 is 0 Å². The Morgan fingerprint density at radius 2 is 1.83 bits per heavy atom. The molecule has 29 heavy (non-hydrogen) atoms. The van der Waals surface area contributed by atoms with E-state index in [2.05, 4.69) is 34.4 Å². The molecule has 0 aliphatic rings. The molecule has 1 amide bonds. The smallest absolute Gasteiger partial charge is 0.274 e. The molecule has 2 N–H and O–H groups in total. The number of anilines is 2. The molecule has 0 saturated heterocycles. The molecule has 0 saturated carbocycles. The lowest BCUT2D eigenvalue weighted by molar-refractivity contribution is 0.102. The average molecular weight is 392 g/mol. The fraction of sp³-hybridized carbons (Fsp3) is 0.261. The summed E-state index contributed by atoms with van der Waals surface area (Å²) in [4.78, 5) is 21.5. The van der Waals surface area contributed by atoms with Crippen LogP contribution in [0.2, 0.25) is 0 Å². The Labute approximate surface area is 170 Å². The van der Waals surface area contributed by atoms with Crippen molar-refractivity contribution in [3.05, 3.63) is 82.4 Å².